The second-order valence-electron chi connectivity index (χ2n) is 15.4. The van der Waals surface area contributed by atoms with E-state index in [9.17, 15) is 53.8 Å². The van der Waals surface area contributed by atoms with E-state index in [1.807, 2.05) is 0 Å². The highest BCUT2D eigenvalue weighted by molar-refractivity contribution is 7.46. The molecule has 0 unspecified atom stereocenters. The highest BCUT2D eigenvalue weighted by Crippen LogP contribution is 2.38. The van der Waals surface area contributed by atoms with Crippen molar-refractivity contribution >= 4 is 43.3 Å². The molecule has 0 saturated carbocycles. The fourth-order valence-corrected chi connectivity index (χ4v) is 6.67. The number of likely N-dealkylation sites (tertiary alicyclic amines) is 1. The van der Waals surface area contributed by atoms with Gasteiger partial charge in [-0.2, -0.15) is 0 Å². The number of hydrogen-bond acceptors (Lipinski definition) is 14. The van der Waals surface area contributed by atoms with Crippen LogP contribution in [0.25, 0.3) is 0 Å². The van der Waals surface area contributed by atoms with E-state index in [0.717, 1.165) is 6.92 Å². The maximum absolute atomic E-state index is 14.0. The largest absolute Gasteiger partial charge is 0.469 e. The average molecular weight is 865 g/mol. The zero-order valence-corrected chi connectivity index (χ0v) is 34.9. The minimum Gasteiger partial charge on any atom is -0.394 e. The van der Waals surface area contributed by atoms with E-state index < -0.39 is 98.6 Å². The zero-order chi connectivity index (χ0) is 44.7. The number of carbonyl (C=O) groups excluding carboxylic acids is 6. The monoisotopic (exact) mass is 864 g/mol. The normalized spacial score (nSPS) is 17.7. The molecule has 1 fully saturated rings. The molecule has 6 amide bonds. The van der Waals surface area contributed by atoms with Crippen LogP contribution in [0.3, 0.4) is 0 Å². The van der Waals surface area contributed by atoms with Crippen LogP contribution in [0.1, 0.15) is 72.4 Å². The summed E-state index contributed by atoms with van der Waals surface area (Å²) in [5.74, 6) is -5.42. The third-order valence-corrected chi connectivity index (χ3v) is 9.96. The number of phosphoric acid groups is 1. The van der Waals surface area contributed by atoms with Gasteiger partial charge in [-0.25, -0.2) is 9.55 Å². The van der Waals surface area contributed by atoms with E-state index >= 15 is 0 Å². The van der Waals surface area contributed by atoms with Gasteiger partial charge in [-0.15, -0.1) is 0 Å². The molecule has 1 aromatic heterocycles. The molecule has 0 bridgehead atoms. The third kappa shape index (κ3) is 17.2. The van der Waals surface area contributed by atoms with E-state index in [4.69, 9.17) is 20.3 Å². The summed E-state index contributed by atoms with van der Waals surface area (Å²) >= 11 is 0. The van der Waals surface area contributed by atoms with Crippen LogP contribution in [-0.2, 0) is 55.6 Å². The first-order chi connectivity index (χ1) is 27.5. The van der Waals surface area contributed by atoms with Gasteiger partial charge in [-0.05, 0) is 52.4 Å². The van der Waals surface area contributed by atoms with Gasteiger partial charge < -0.3 is 71.4 Å². The van der Waals surface area contributed by atoms with Crippen molar-refractivity contribution in [2.75, 3.05) is 33.0 Å². The lowest BCUT2D eigenvalue weighted by Gasteiger charge is -2.29. The molecular formula is C35H61N8O15P. The van der Waals surface area contributed by atoms with Crippen molar-refractivity contribution in [2.45, 2.75) is 128 Å². The predicted octanol–water partition coefficient (Wildman–Crippen LogP) is -3.70. The molecule has 2 heterocycles. The molecule has 0 aromatic carbocycles. The van der Waals surface area contributed by atoms with E-state index in [2.05, 4.69) is 30.8 Å². The summed E-state index contributed by atoms with van der Waals surface area (Å²) in [6.45, 7) is 6.58. The number of rotatable bonds is 26. The Balaban J connectivity index is 2.36. The van der Waals surface area contributed by atoms with Crippen molar-refractivity contribution in [3.05, 3.63) is 18.2 Å². The average Bonchev–Trinajstić information content (AvgIpc) is 3.83. The van der Waals surface area contributed by atoms with Crippen molar-refractivity contribution in [3.63, 3.8) is 0 Å². The summed E-state index contributed by atoms with van der Waals surface area (Å²) < 4.78 is 22.9. The summed E-state index contributed by atoms with van der Waals surface area (Å²) in [5.41, 5.74) is 4.80. The number of imidazole rings is 1. The van der Waals surface area contributed by atoms with Gasteiger partial charge in [-0.3, -0.25) is 33.3 Å². The standard InChI is InChI=1S/C35H61N8O15P/c1-20(2)13-24(39-34(53)27-7-6-10-43(27)28(48)9-12-57-35(4,5)18-46)31(50)38-25(14-22-15-37-19-42(22)11-8-23(47)16-44)32(51)40-26(17-45)33(52)41-29(30(36)49)21(3)58-59(54,55)56/h15,19-21,23-27,29,44-47H,6-14,16-18H2,1-5H3,(H2,36,49)(H,38,50)(H,39,53)(H,40,51)(H,41,52)(H2,54,55,56)/t21-,23+,24+,25+,26+,27+,29+/m1/s1. The second kappa shape index (κ2) is 23.7. The summed E-state index contributed by atoms with van der Waals surface area (Å²) in [7, 11) is -5.14. The molecule has 0 radical (unpaired) electrons. The van der Waals surface area contributed by atoms with Gasteiger partial charge in [0, 0.05) is 31.4 Å². The molecule has 0 aliphatic carbocycles. The molecule has 1 aliphatic heterocycles. The van der Waals surface area contributed by atoms with Gasteiger partial charge in [0.05, 0.1) is 57.0 Å². The molecule has 7 atom stereocenters. The van der Waals surface area contributed by atoms with Crippen LogP contribution in [0.2, 0.25) is 0 Å². The maximum Gasteiger partial charge on any atom is 0.469 e. The fourth-order valence-electron chi connectivity index (χ4n) is 6.12. The number of hydrogen-bond donors (Lipinski definition) is 11. The van der Waals surface area contributed by atoms with Crippen LogP contribution in [0.15, 0.2) is 12.5 Å². The lowest BCUT2D eigenvalue weighted by Crippen LogP contribution is -2.61. The Labute approximate surface area is 342 Å². The molecule has 0 spiro atoms. The van der Waals surface area contributed by atoms with Crippen molar-refractivity contribution in [1.29, 1.82) is 0 Å². The van der Waals surface area contributed by atoms with E-state index in [-0.39, 0.29) is 57.3 Å². The molecule has 1 aromatic rings. The summed E-state index contributed by atoms with van der Waals surface area (Å²) in [6, 6.07) is -7.27. The fraction of sp³-hybridized carbons (Fsp3) is 0.743. The Morgan fingerprint density at radius 2 is 1.59 bits per heavy atom. The maximum atomic E-state index is 14.0. The van der Waals surface area contributed by atoms with Crippen molar-refractivity contribution in [2.24, 2.45) is 11.7 Å². The van der Waals surface area contributed by atoms with Gasteiger partial charge >= 0.3 is 7.82 Å². The minimum absolute atomic E-state index is 0.00858. The van der Waals surface area contributed by atoms with Crippen LogP contribution < -0.4 is 27.0 Å². The number of aryl methyl sites for hydroxylation is 1. The van der Waals surface area contributed by atoms with Crippen LogP contribution in [0, 0.1) is 5.92 Å². The number of nitrogens with one attached hydrogen (secondary N) is 4. The number of nitrogens with two attached hydrogens (primary N) is 1. The Morgan fingerprint density at radius 1 is 0.966 bits per heavy atom. The Morgan fingerprint density at radius 3 is 2.17 bits per heavy atom. The molecule has 336 valence electrons. The second-order valence-corrected chi connectivity index (χ2v) is 16.5. The number of aromatic nitrogens is 2. The van der Waals surface area contributed by atoms with Crippen molar-refractivity contribution in [3.8, 4) is 0 Å². The first kappa shape index (κ1) is 51.1. The first-order valence-corrected chi connectivity index (χ1v) is 20.7. The number of phosphoric ester groups is 1. The molecule has 23 nitrogen and oxygen atoms in total. The highest BCUT2D eigenvalue weighted by atomic mass is 31.2. The number of carbonyl (C=O) groups is 6. The van der Waals surface area contributed by atoms with Crippen LogP contribution in [-0.4, -0.2) is 161 Å². The van der Waals surface area contributed by atoms with Crippen molar-refractivity contribution in [1.82, 2.24) is 35.7 Å². The van der Waals surface area contributed by atoms with E-state index in [0.29, 0.717) is 25.1 Å². The van der Waals surface area contributed by atoms with Crippen LogP contribution in [0.4, 0.5) is 0 Å². The lowest BCUT2D eigenvalue weighted by molar-refractivity contribution is -0.141. The van der Waals surface area contributed by atoms with Gasteiger partial charge in [-0.1, -0.05) is 13.8 Å². The number of primary amides is 1. The predicted molar refractivity (Wildman–Crippen MR) is 206 cm³/mol. The SMILES string of the molecule is CC(C)C[C@H](NC(=O)[C@@H]1CCCN1C(=O)CCOC(C)(C)CO)C(=O)N[C@@H](Cc1cncn1CC[C@H](O)CO)C(=O)N[C@@H](CO)C(=O)N[C@H](C(N)=O)[C@@H](C)OP(=O)(O)O. The van der Waals surface area contributed by atoms with Crippen molar-refractivity contribution < 1.29 is 72.8 Å². The van der Waals surface area contributed by atoms with Gasteiger partial charge in [0.1, 0.15) is 30.2 Å². The summed E-state index contributed by atoms with van der Waals surface area (Å²) in [6.07, 6.45) is 0.754. The smallest absolute Gasteiger partial charge is 0.394 e. The molecule has 12 N–H and O–H groups in total. The van der Waals surface area contributed by atoms with Crippen LogP contribution >= 0.6 is 7.82 Å². The molecule has 59 heavy (non-hydrogen) atoms. The number of ether oxygens (including phenoxy) is 1. The molecule has 2 rings (SSSR count). The molecule has 1 saturated heterocycles. The quantitative estimate of drug-likeness (QED) is 0.0399. The zero-order valence-electron chi connectivity index (χ0n) is 34.0. The molecule has 1 aliphatic rings. The first-order valence-electron chi connectivity index (χ1n) is 19.2. The van der Waals surface area contributed by atoms with Crippen LogP contribution in [0.5, 0.6) is 0 Å². The Hall–Kier alpha value is -4.06. The molecule has 24 heteroatoms. The van der Waals surface area contributed by atoms with Gasteiger partial charge in [0.15, 0.2) is 0 Å². The van der Waals surface area contributed by atoms with E-state index in [1.165, 1.54) is 17.4 Å². The topological polar surface area (TPSA) is 355 Å². The van der Waals surface area contributed by atoms with Gasteiger partial charge in [0.2, 0.25) is 35.4 Å². The highest BCUT2D eigenvalue weighted by Gasteiger charge is 2.38. The lowest BCUT2D eigenvalue weighted by atomic mass is 10.0. The summed E-state index contributed by atoms with van der Waals surface area (Å²) in [5, 5.41) is 48.4. The third-order valence-electron chi connectivity index (χ3n) is 9.36. The van der Waals surface area contributed by atoms with E-state index in [1.54, 1.807) is 32.3 Å². The summed E-state index contributed by atoms with van der Waals surface area (Å²) in [4.78, 5) is 104. The Kier molecular flexibility index (Phi) is 20.5. The molecular weight excluding hydrogens is 803 g/mol. The van der Waals surface area contributed by atoms with Gasteiger partial charge in [0.25, 0.3) is 0 Å². The Bertz CT molecular complexity index is 1620. The number of amides is 6. The number of aliphatic hydroxyl groups is 4. The number of aliphatic hydroxyl groups excluding tert-OH is 4. The number of nitrogens with zero attached hydrogens (tertiary/aromatic N) is 3. The minimum atomic E-state index is -5.14.